The summed E-state index contributed by atoms with van der Waals surface area (Å²) < 4.78 is 16.3. The van der Waals surface area contributed by atoms with E-state index in [4.69, 9.17) is 13.3 Å². The molecule has 7 heteroatoms. The highest BCUT2D eigenvalue weighted by Gasteiger charge is 2.28. The van der Waals surface area contributed by atoms with Crippen molar-refractivity contribution >= 4 is 25.0 Å². The van der Waals surface area contributed by atoms with Crippen LogP contribution in [0.25, 0.3) is 0 Å². The minimum Gasteiger partial charge on any atom is -0.414 e. The molecule has 0 aromatic rings. The molecule has 0 fully saturated rings. The summed E-state index contributed by atoms with van der Waals surface area (Å²) in [5, 5.41) is 9.37. The van der Waals surface area contributed by atoms with E-state index in [9.17, 15) is 5.11 Å². The Morgan fingerprint density at radius 2 is 1.26 bits per heavy atom. The van der Waals surface area contributed by atoms with E-state index in [0.717, 1.165) is 0 Å². The quantitative estimate of drug-likeness (QED) is 0.696. The summed E-state index contributed by atoms with van der Waals surface area (Å²) in [6, 6.07) is 0. The van der Waals surface area contributed by atoms with Crippen LogP contribution in [-0.4, -0.2) is 57.6 Å². The van der Waals surface area contributed by atoms with Crippen LogP contribution in [-0.2, 0) is 13.3 Å². The molecule has 1 N–H and O–H groups in total. The molecule has 0 aliphatic rings. The molecule has 0 heterocycles. The van der Waals surface area contributed by atoms with Gasteiger partial charge >= 0.3 is 8.56 Å². The zero-order valence-corrected chi connectivity index (χ0v) is 16.2. The van der Waals surface area contributed by atoms with Crippen molar-refractivity contribution in [2.45, 2.75) is 26.2 Å². The first-order valence-corrected chi connectivity index (χ1v) is 14.6. The molecular formula is C12H28O4Si3. The fourth-order valence-corrected chi connectivity index (χ4v) is 8.20. The molecule has 0 saturated carbocycles. The van der Waals surface area contributed by atoms with Crippen molar-refractivity contribution in [1.29, 1.82) is 0 Å². The second-order valence-electron chi connectivity index (χ2n) is 5.59. The Labute approximate surface area is 120 Å². The van der Waals surface area contributed by atoms with Crippen molar-refractivity contribution in [3.8, 4) is 0 Å². The zero-order valence-electron chi connectivity index (χ0n) is 13.2. The minimum absolute atomic E-state index is 0.108. The second-order valence-corrected chi connectivity index (χ2v) is 16.8. The Morgan fingerprint density at radius 3 is 1.63 bits per heavy atom. The van der Waals surface area contributed by atoms with Crippen LogP contribution in [0.2, 0.25) is 26.2 Å². The second kappa shape index (κ2) is 7.67. The first-order valence-electron chi connectivity index (χ1n) is 6.33. The maximum atomic E-state index is 9.37. The van der Waals surface area contributed by atoms with Gasteiger partial charge in [-0.25, -0.2) is 0 Å². The number of hydrogen-bond donors (Lipinski definition) is 1. The van der Waals surface area contributed by atoms with Crippen molar-refractivity contribution in [3.63, 3.8) is 0 Å². The molecule has 0 saturated heterocycles. The summed E-state index contributed by atoms with van der Waals surface area (Å²) >= 11 is 0. The van der Waals surface area contributed by atoms with Crippen LogP contribution in [0.1, 0.15) is 0 Å². The van der Waals surface area contributed by atoms with E-state index in [2.05, 4.69) is 35.9 Å². The Balaban J connectivity index is 4.90. The number of hydrogen-bond acceptors (Lipinski definition) is 4. The maximum absolute atomic E-state index is 9.37. The predicted molar refractivity (Wildman–Crippen MR) is 87.1 cm³/mol. The largest absolute Gasteiger partial charge is 0.414 e. The Morgan fingerprint density at radius 1 is 0.789 bits per heavy atom. The lowest BCUT2D eigenvalue weighted by molar-refractivity contribution is 0.264. The van der Waals surface area contributed by atoms with Gasteiger partial charge in [0.2, 0.25) is 8.32 Å². The van der Waals surface area contributed by atoms with Crippen molar-refractivity contribution < 1.29 is 18.4 Å². The molecule has 0 spiro atoms. The number of aliphatic hydroxyl groups excluding tert-OH is 1. The van der Waals surface area contributed by atoms with E-state index in [1.54, 1.807) is 21.3 Å². The minimum atomic E-state index is -2.15. The SMILES string of the molecule is CO[Si](C)(C=C[Si](C)(C)C=C[Si](C)(OC)OC)CO. The van der Waals surface area contributed by atoms with Crippen molar-refractivity contribution in [1.82, 2.24) is 0 Å². The fourth-order valence-electron chi connectivity index (χ4n) is 1.22. The lowest BCUT2D eigenvalue weighted by Crippen LogP contribution is -2.38. The first kappa shape index (κ1) is 19.0. The summed E-state index contributed by atoms with van der Waals surface area (Å²) in [6.07, 6.45) is 0.108. The smallest absolute Gasteiger partial charge is 0.360 e. The molecule has 0 aliphatic carbocycles. The Kier molecular flexibility index (Phi) is 7.66. The lowest BCUT2D eigenvalue weighted by atomic mass is 11.2. The van der Waals surface area contributed by atoms with Gasteiger partial charge in [-0.2, -0.15) is 0 Å². The average molecular weight is 321 g/mol. The fraction of sp³-hybridized carbons (Fsp3) is 0.667. The maximum Gasteiger partial charge on any atom is 0.360 e. The standard InChI is InChI=1S/C12H28O4Si3/c1-14-18(6,12-13)10-8-17(4,5)9-11-19(7,15-2)16-3/h8-11,13H,12H2,1-7H3. The molecule has 0 aromatic heterocycles. The summed E-state index contributed by atoms with van der Waals surface area (Å²) in [7, 11) is -0.817. The van der Waals surface area contributed by atoms with E-state index in [1.165, 1.54) is 0 Å². The van der Waals surface area contributed by atoms with Gasteiger partial charge in [-0.15, -0.1) is 0 Å². The molecule has 4 nitrogen and oxygen atoms in total. The summed E-state index contributed by atoms with van der Waals surface area (Å²) in [4.78, 5) is 0. The van der Waals surface area contributed by atoms with Gasteiger partial charge in [0.05, 0.1) is 14.3 Å². The third-order valence-corrected chi connectivity index (χ3v) is 10.8. The van der Waals surface area contributed by atoms with Crippen molar-refractivity contribution in [2.75, 3.05) is 27.6 Å². The monoisotopic (exact) mass is 320 g/mol. The first-order chi connectivity index (χ1) is 8.66. The molecule has 112 valence electrons. The average Bonchev–Trinajstić information content (AvgIpc) is 2.42. The molecule has 1 unspecified atom stereocenters. The molecule has 0 aromatic carbocycles. The highest BCUT2D eigenvalue weighted by atomic mass is 28.4. The van der Waals surface area contributed by atoms with Crippen LogP contribution in [0.3, 0.4) is 0 Å². The van der Waals surface area contributed by atoms with E-state index in [0.29, 0.717) is 0 Å². The van der Waals surface area contributed by atoms with Crippen LogP contribution >= 0.6 is 0 Å². The molecule has 0 rings (SSSR count). The van der Waals surface area contributed by atoms with E-state index < -0.39 is 25.0 Å². The van der Waals surface area contributed by atoms with Crippen LogP contribution in [0.4, 0.5) is 0 Å². The van der Waals surface area contributed by atoms with Crippen molar-refractivity contribution in [2.24, 2.45) is 0 Å². The van der Waals surface area contributed by atoms with Gasteiger partial charge in [0.25, 0.3) is 0 Å². The van der Waals surface area contributed by atoms with Gasteiger partial charge in [-0.1, -0.05) is 35.9 Å². The van der Waals surface area contributed by atoms with Gasteiger partial charge in [-0.3, -0.25) is 0 Å². The van der Waals surface area contributed by atoms with Crippen LogP contribution in [0.5, 0.6) is 0 Å². The summed E-state index contributed by atoms with van der Waals surface area (Å²) in [6.45, 7) is 8.49. The summed E-state index contributed by atoms with van der Waals surface area (Å²) in [5.74, 6) is 0. The normalized spacial score (nSPS) is 17.3. The van der Waals surface area contributed by atoms with E-state index in [-0.39, 0.29) is 6.23 Å². The van der Waals surface area contributed by atoms with Gasteiger partial charge < -0.3 is 18.4 Å². The van der Waals surface area contributed by atoms with Crippen molar-refractivity contribution in [3.05, 3.63) is 22.8 Å². The topological polar surface area (TPSA) is 47.9 Å². The Bertz CT molecular complexity index is 291. The highest BCUT2D eigenvalue weighted by molar-refractivity contribution is 6.90. The van der Waals surface area contributed by atoms with E-state index in [1.807, 2.05) is 13.1 Å². The van der Waals surface area contributed by atoms with Crippen LogP contribution in [0, 0.1) is 0 Å². The Hall–Kier alpha value is -0.0294. The van der Waals surface area contributed by atoms with Crippen LogP contribution < -0.4 is 0 Å². The third kappa shape index (κ3) is 6.80. The highest BCUT2D eigenvalue weighted by Crippen LogP contribution is 2.14. The van der Waals surface area contributed by atoms with Gasteiger partial charge in [-0.05, 0) is 13.1 Å². The molecule has 0 bridgehead atoms. The van der Waals surface area contributed by atoms with Crippen LogP contribution in [0.15, 0.2) is 22.8 Å². The summed E-state index contributed by atoms with van der Waals surface area (Å²) in [5.41, 5.74) is 8.62. The van der Waals surface area contributed by atoms with Gasteiger partial charge in [0.1, 0.15) is 0 Å². The molecule has 0 amide bonds. The number of aliphatic hydroxyl groups is 1. The zero-order chi connectivity index (χ0) is 15.2. The van der Waals surface area contributed by atoms with Gasteiger partial charge in [0, 0.05) is 21.3 Å². The third-order valence-electron chi connectivity index (χ3n) is 3.27. The van der Waals surface area contributed by atoms with E-state index >= 15 is 0 Å². The predicted octanol–water partition coefficient (Wildman–Crippen LogP) is 2.08. The van der Waals surface area contributed by atoms with Gasteiger partial charge in [0.15, 0.2) is 0 Å². The molecule has 1 atom stereocenters. The molecular weight excluding hydrogens is 292 g/mol. The number of rotatable bonds is 8. The molecule has 0 aliphatic heterocycles. The lowest BCUT2D eigenvalue weighted by Gasteiger charge is -2.22. The molecule has 0 radical (unpaired) electrons. The molecule has 19 heavy (non-hydrogen) atoms.